The average molecular weight is 315 g/mol. The molecule has 24 heavy (non-hydrogen) atoms. The van der Waals surface area contributed by atoms with E-state index in [1.807, 2.05) is 6.20 Å². The van der Waals surface area contributed by atoms with E-state index in [-0.39, 0.29) is 0 Å². The van der Waals surface area contributed by atoms with Crippen molar-refractivity contribution in [3.05, 3.63) is 71.4 Å². The Hall–Kier alpha value is -2.42. The summed E-state index contributed by atoms with van der Waals surface area (Å²) in [6.07, 6.45) is 14.0. The Kier molecular flexibility index (Phi) is 3.25. The van der Waals surface area contributed by atoms with E-state index < -0.39 is 0 Å². The van der Waals surface area contributed by atoms with Crippen LogP contribution in [0.15, 0.2) is 48.8 Å². The Balaban J connectivity index is 1.63. The highest BCUT2D eigenvalue weighted by molar-refractivity contribution is 5.83. The number of imidazole rings is 1. The van der Waals surface area contributed by atoms with Crippen LogP contribution in [0.5, 0.6) is 0 Å². The zero-order chi connectivity index (χ0) is 15.9. The molecule has 3 aromatic rings. The van der Waals surface area contributed by atoms with Gasteiger partial charge in [-0.05, 0) is 18.4 Å². The first-order chi connectivity index (χ1) is 11.9. The fraction of sp³-hybridized carbons (Fsp3) is 0.333. The minimum Gasteiger partial charge on any atom is -0.296 e. The third kappa shape index (κ3) is 2.19. The van der Waals surface area contributed by atoms with Gasteiger partial charge in [0, 0.05) is 24.1 Å². The molecule has 2 aromatic heterocycles. The summed E-state index contributed by atoms with van der Waals surface area (Å²) < 4.78 is 2.28. The summed E-state index contributed by atoms with van der Waals surface area (Å²) in [4.78, 5) is 9.60. The van der Waals surface area contributed by atoms with Gasteiger partial charge in [-0.3, -0.25) is 9.38 Å². The van der Waals surface area contributed by atoms with E-state index >= 15 is 0 Å². The predicted molar refractivity (Wildman–Crippen MR) is 96.0 cm³/mol. The first-order valence-electron chi connectivity index (χ1n) is 9.03. The van der Waals surface area contributed by atoms with Gasteiger partial charge in [0.2, 0.25) is 0 Å². The maximum absolute atomic E-state index is 4.92. The molecule has 2 heterocycles. The minimum atomic E-state index is 0.625. The van der Waals surface area contributed by atoms with Crippen molar-refractivity contribution in [2.24, 2.45) is 0 Å². The molecule has 120 valence electrons. The number of fused-ring (bicyclic) bond motifs is 3. The summed E-state index contributed by atoms with van der Waals surface area (Å²) in [6, 6.07) is 10.6. The van der Waals surface area contributed by atoms with Crippen LogP contribution >= 0.6 is 0 Å². The maximum atomic E-state index is 4.92. The van der Waals surface area contributed by atoms with Crippen molar-refractivity contribution in [1.29, 1.82) is 0 Å². The first-order valence-corrected chi connectivity index (χ1v) is 9.03. The van der Waals surface area contributed by atoms with E-state index in [0.717, 1.165) is 17.8 Å². The van der Waals surface area contributed by atoms with Gasteiger partial charge in [0.25, 0.3) is 0 Å². The largest absolute Gasteiger partial charge is 0.296 e. The maximum Gasteiger partial charge on any atom is 0.156 e. The molecule has 0 bridgehead atoms. The van der Waals surface area contributed by atoms with E-state index in [1.165, 1.54) is 54.6 Å². The van der Waals surface area contributed by atoms with Gasteiger partial charge in [-0.25, -0.2) is 4.98 Å². The predicted octanol–water partition coefficient (Wildman–Crippen LogP) is 4.76. The smallest absolute Gasteiger partial charge is 0.156 e. The number of hydrogen-bond donors (Lipinski definition) is 0. The second-order valence-electron chi connectivity index (χ2n) is 6.97. The SMILES string of the molecule is C1=C(c2ccccc2)c2c(ncc3nc(C4CCCCC4)cn23)C1. The first kappa shape index (κ1) is 14.0. The number of nitrogens with zero attached hydrogens (tertiary/aromatic N) is 3. The molecule has 0 aliphatic heterocycles. The molecule has 1 aromatic carbocycles. The van der Waals surface area contributed by atoms with Gasteiger partial charge < -0.3 is 0 Å². The number of rotatable bonds is 2. The van der Waals surface area contributed by atoms with Crippen molar-refractivity contribution in [2.45, 2.75) is 44.4 Å². The van der Waals surface area contributed by atoms with Crippen molar-refractivity contribution < 1.29 is 0 Å². The summed E-state index contributed by atoms with van der Waals surface area (Å²) in [7, 11) is 0. The normalized spacial score (nSPS) is 17.9. The lowest BCUT2D eigenvalue weighted by molar-refractivity contribution is 0.438. The summed E-state index contributed by atoms with van der Waals surface area (Å²) in [5.41, 5.74) is 7.18. The highest BCUT2D eigenvalue weighted by atomic mass is 15.0. The third-order valence-electron chi connectivity index (χ3n) is 5.46. The van der Waals surface area contributed by atoms with Crippen LogP contribution < -0.4 is 0 Å². The number of hydrogen-bond acceptors (Lipinski definition) is 2. The van der Waals surface area contributed by atoms with Crippen LogP contribution in [0.3, 0.4) is 0 Å². The molecular weight excluding hydrogens is 294 g/mol. The average Bonchev–Trinajstić information content (AvgIpc) is 3.27. The fourth-order valence-electron chi connectivity index (χ4n) is 4.22. The summed E-state index contributed by atoms with van der Waals surface area (Å²) >= 11 is 0. The standard InChI is InChI=1S/C21H21N3/c1-3-7-15(8-4-1)17-11-12-18-21(17)24-14-19(23-20(24)13-22-18)16-9-5-2-6-10-16/h1,3-4,7-8,11,13-14,16H,2,5-6,9-10,12H2. The molecular formula is C21H21N3. The summed E-state index contributed by atoms with van der Waals surface area (Å²) in [6.45, 7) is 0. The van der Waals surface area contributed by atoms with Crippen LogP contribution in [0.25, 0.3) is 11.2 Å². The Morgan fingerprint density at radius 2 is 1.83 bits per heavy atom. The molecule has 0 radical (unpaired) electrons. The molecule has 2 aliphatic carbocycles. The van der Waals surface area contributed by atoms with E-state index in [9.17, 15) is 0 Å². The molecule has 0 unspecified atom stereocenters. The fourth-order valence-corrected chi connectivity index (χ4v) is 4.22. The lowest BCUT2D eigenvalue weighted by atomic mass is 9.87. The Morgan fingerprint density at radius 3 is 2.67 bits per heavy atom. The Labute approximate surface area is 142 Å². The van der Waals surface area contributed by atoms with E-state index in [0.29, 0.717) is 5.92 Å². The minimum absolute atomic E-state index is 0.625. The van der Waals surface area contributed by atoms with Gasteiger partial charge in [-0.2, -0.15) is 0 Å². The number of aromatic nitrogens is 3. The van der Waals surface area contributed by atoms with Crippen LogP contribution in [0.4, 0.5) is 0 Å². The van der Waals surface area contributed by atoms with Gasteiger partial charge in [0.05, 0.1) is 23.3 Å². The molecule has 0 amide bonds. The molecule has 5 rings (SSSR count). The van der Waals surface area contributed by atoms with E-state index in [2.05, 4.69) is 52.0 Å². The lowest BCUT2D eigenvalue weighted by Crippen LogP contribution is -2.04. The molecule has 3 heteroatoms. The molecule has 1 fully saturated rings. The van der Waals surface area contributed by atoms with Crippen LogP contribution in [-0.2, 0) is 6.42 Å². The Bertz CT molecular complexity index is 915. The van der Waals surface area contributed by atoms with Gasteiger partial charge in [-0.15, -0.1) is 0 Å². The van der Waals surface area contributed by atoms with Gasteiger partial charge in [-0.1, -0.05) is 55.7 Å². The highest BCUT2D eigenvalue weighted by Gasteiger charge is 2.23. The van der Waals surface area contributed by atoms with Crippen molar-refractivity contribution in [3.63, 3.8) is 0 Å². The van der Waals surface area contributed by atoms with Crippen molar-refractivity contribution in [3.8, 4) is 0 Å². The molecule has 3 nitrogen and oxygen atoms in total. The van der Waals surface area contributed by atoms with E-state index in [1.54, 1.807) is 0 Å². The lowest BCUT2D eigenvalue weighted by Gasteiger charge is -2.19. The van der Waals surface area contributed by atoms with Crippen LogP contribution in [-0.4, -0.2) is 14.4 Å². The van der Waals surface area contributed by atoms with Gasteiger partial charge >= 0.3 is 0 Å². The summed E-state index contributed by atoms with van der Waals surface area (Å²) in [5.74, 6) is 0.625. The second-order valence-corrected chi connectivity index (χ2v) is 6.97. The van der Waals surface area contributed by atoms with Crippen LogP contribution in [0.2, 0.25) is 0 Å². The molecule has 0 N–H and O–H groups in total. The van der Waals surface area contributed by atoms with Crippen LogP contribution in [0, 0.1) is 0 Å². The van der Waals surface area contributed by atoms with Crippen molar-refractivity contribution >= 4 is 11.2 Å². The quantitative estimate of drug-likeness (QED) is 0.682. The van der Waals surface area contributed by atoms with Crippen LogP contribution in [0.1, 0.15) is 60.7 Å². The molecule has 0 saturated heterocycles. The summed E-state index contributed by atoms with van der Waals surface area (Å²) in [5, 5.41) is 0. The van der Waals surface area contributed by atoms with E-state index in [4.69, 9.17) is 4.98 Å². The van der Waals surface area contributed by atoms with Gasteiger partial charge in [0.1, 0.15) is 0 Å². The zero-order valence-corrected chi connectivity index (χ0v) is 13.8. The Morgan fingerprint density at radius 1 is 1.00 bits per heavy atom. The third-order valence-corrected chi connectivity index (χ3v) is 5.46. The van der Waals surface area contributed by atoms with Gasteiger partial charge in [0.15, 0.2) is 5.65 Å². The monoisotopic (exact) mass is 315 g/mol. The molecule has 2 aliphatic rings. The molecule has 0 atom stereocenters. The number of allylic oxidation sites excluding steroid dienone is 1. The number of benzene rings is 1. The molecule has 0 spiro atoms. The van der Waals surface area contributed by atoms with Crippen molar-refractivity contribution in [1.82, 2.24) is 14.4 Å². The molecule has 1 saturated carbocycles. The highest BCUT2D eigenvalue weighted by Crippen LogP contribution is 2.35. The zero-order valence-electron chi connectivity index (χ0n) is 13.8. The topological polar surface area (TPSA) is 30.2 Å². The second kappa shape index (κ2) is 5.59. The van der Waals surface area contributed by atoms with Crippen molar-refractivity contribution in [2.75, 3.05) is 0 Å².